The Morgan fingerprint density at radius 1 is 1.05 bits per heavy atom. The molecule has 1 unspecified atom stereocenters. The molecule has 0 radical (unpaired) electrons. The molecule has 112 valence electrons. The summed E-state index contributed by atoms with van der Waals surface area (Å²) < 4.78 is 0. The van der Waals surface area contributed by atoms with Crippen molar-refractivity contribution in [2.75, 3.05) is 6.54 Å². The van der Waals surface area contributed by atoms with E-state index in [1.54, 1.807) is 0 Å². The van der Waals surface area contributed by atoms with Crippen LogP contribution < -0.4 is 10.6 Å². The van der Waals surface area contributed by atoms with Gasteiger partial charge in [-0.2, -0.15) is 0 Å². The highest BCUT2D eigenvalue weighted by molar-refractivity contribution is 5.78. The lowest BCUT2D eigenvalue weighted by Gasteiger charge is -2.16. The van der Waals surface area contributed by atoms with E-state index in [1.807, 2.05) is 20.8 Å². The van der Waals surface area contributed by atoms with Gasteiger partial charge in [-0.25, -0.2) is 0 Å². The Balaban J connectivity index is 2.50. The Bertz CT molecular complexity index is 410. The summed E-state index contributed by atoms with van der Waals surface area (Å²) in [5, 5.41) is 6.13. The minimum atomic E-state index is 0.0393. The van der Waals surface area contributed by atoms with Gasteiger partial charge in [0.1, 0.15) is 0 Å². The van der Waals surface area contributed by atoms with Gasteiger partial charge in [-0.1, -0.05) is 52.0 Å². The molecule has 0 fully saturated rings. The fraction of sp³-hybridized carbons (Fsp3) is 0.588. The fourth-order valence-electron chi connectivity index (χ4n) is 2.09. The van der Waals surface area contributed by atoms with E-state index in [0.717, 1.165) is 12.0 Å². The first-order valence-corrected chi connectivity index (χ1v) is 7.50. The van der Waals surface area contributed by atoms with Crippen LogP contribution in [-0.2, 0) is 11.2 Å². The average Bonchev–Trinajstić information content (AvgIpc) is 2.36. The van der Waals surface area contributed by atoms with Crippen molar-refractivity contribution in [3.05, 3.63) is 35.4 Å². The molecule has 0 aliphatic carbocycles. The highest BCUT2D eigenvalue weighted by atomic mass is 16.1. The van der Waals surface area contributed by atoms with E-state index in [1.165, 1.54) is 5.56 Å². The third-order valence-electron chi connectivity index (χ3n) is 3.17. The van der Waals surface area contributed by atoms with Crippen molar-refractivity contribution < 1.29 is 4.79 Å². The number of nitrogens with one attached hydrogen (secondary N) is 2. The molecule has 0 saturated carbocycles. The molecule has 0 saturated heterocycles. The van der Waals surface area contributed by atoms with Gasteiger partial charge in [0.05, 0.1) is 12.6 Å². The van der Waals surface area contributed by atoms with Crippen LogP contribution in [0.15, 0.2) is 24.3 Å². The van der Waals surface area contributed by atoms with Gasteiger partial charge >= 0.3 is 0 Å². The van der Waals surface area contributed by atoms with Crippen LogP contribution >= 0.6 is 0 Å². The van der Waals surface area contributed by atoms with E-state index in [0.29, 0.717) is 18.5 Å². The summed E-state index contributed by atoms with van der Waals surface area (Å²) in [6.45, 7) is 10.9. The van der Waals surface area contributed by atoms with E-state index in [2.05, 4.69) is 48.7 Å². The number of hydrogen-bond acceptors (Lipinski definition) is 2. The summed E-state index contributed by atoms with van der Waals surface area (Å²) >= 11 is 0. The molecule has 2 N–H and O–H groups in total. The largest absolute Gasteiger partial charge is 0.348 e. The molecule has 0 heterocycles. The second-order valence-corrected chi connectivity index (χ2v) is 6.16. The number of carbonyl (C=O) groups is 1. The third-order valence-corrected chi connectivity index (χ3v) is 3.17. The monoisotopic (exact) mass is 276 g/mol. The van der Waals surface area contributed by atoms with Crippen molar-refractivity contribution in [1.82, 2.24) is 10.6 Å². The Morgan fingerprint density at radius 3 is 2.15 bits per heavy atom. The van der Waals surface area contributed by atoms with Crippen molar-refractivity contribution in [2.45, 2.75) is 53.1 Å². The summed E-state index contributed by atoms with van der Waals surface area (Å²) in [4.78, 5) is 11.8. The Labute approximate surface area is 123 Å². The lowest BCUT2D eigenvalue weighted by molar-refractivity contribution is -0.121. The summed E-state index contributed by atoms with van der Waals surface area (Å²) in [5.74, 6) is 0.706. The van der Waals surface area contributed by atoms with Crippen molar-refractivity contribution in [2.24, 2.45) is 5.92 Å². The fourth-order valence-corrected chi connectivity index (χ4v) is 2.09. The lowest BCUT2D eigenvalue weighted by Crippen LogP contribution is -2.37. The maximum Gasteiger partial charge on any atom is 0.234 e. The molecule has 1 rings (SSSR count). The zero-order valence-corrected chi connectivity index (χ0v) is 13.4. The molecule has 0 spiro atoms. The van der Waals surface area contributed by atoms with E-state index < -0.39 is 0 Å². The van der Waals surface area contributed by atoms with Crippen LogP contribution in [0.1, 0.15) is 51.8 Å². The maximum absolute atomic E-state index is 11.8. The molecule has 0 bridgehead atoms. The maximum atomic E-state index is 11.8. The van der Waals surface area contributed by atoms with Gasteiger partial charge in [0.2, 0.25) is 5.91 Å². The number of carbonyl (C=O) groups excluding carboxylic acids is 1. The summed E-state index contributed by atoms with van der Waals surface area (Å²) in [6, 6.07) is 8.90. The summed E-state index contributed by atoms with van der Waals surface area (Å²) in [5.41, 5.74) is 2.50. The second-order valence-electron chi connectivity index (χ2n) is 6.16. The number of amides is 1. The zero-order valence-electron chi connectivity index (χ0n) is 13.4. The normalized spacial score (nSPS) is 12.8. The molecule has 20 heavy (non-hydrogen) atoms. The highest BCUT2D eigenvalue weighted by Crippen LogP contribution is 2.15. The molecule has 1 aromatic rings. The lowest BCUT2D eigenvalue weighted by atomic mass is 10.00. The molecule has 3 heteroatoms. The number of rotatable bonds is 7. The summed E-state index contributed by atoms with van der Waals surface area (Å²) in [6.07, 6.45) is 1.10. The van der Waals surface area contributed by atoms with E-state index in [9.17, 15) is 4.79 Å². The van der Waals surface area contributed by atoms with Crippen LogP contribution in [0, 0.1) is 5.92 Å². The van der Waals surface area contributed by atoms with Crippen LogP contribution in [0.5, 0.6) is 0 Å². The van der Waals surface area contributed by atoms with Crippen LogP contribution in [0.4, 0.5) is 0 Å². The predicted molar refractivity (Wildman–Crippen MR) is 84.7 cm³/mol. The Kier molecular flexibility index (Phi) is 6.73. The van der Waals surface area contributed by atoms with E-state index in [-0.39, 0.29) is 11.9 Å². The smallest absolute Gasteiger partial charge is 0.234 e. The van der Waals surface area contributed by atoms with Crippen molar-refractivity contribution in [1.29, 1.82) is 0 Å². The molecule has 1 aromatic carbocycles. The predicted octanol–water partition coefficient (Wildman–Crippen LogP) is 3.06. The minimum Gasteiger partial charge on any atom is -0.348 e. The van der Waals surface area contributed by atoms with Crippen molar-refractivity contribution >= 4 is 5.91 Å². The zero-order chi connectivity index (χ0) is 15.1. The quantitative estimate of drug-likeness (QED) is 0.803. The van der Waals surface area contributed by atoms with Gasteiger partial charge in [-0.05, 0) is 30.4 Å². The molecular weight excluding hydrogens is 248 g/mol. The van der Waals surface area contributed by atoms with Crippen LogP contribution in [0.25, 0.3) is 0 Å². The van der Waals surface area contributed by atoms with Crippen LogP contribution in [-0.4, -0.2) is 18.5 Å². The van der Waals surface area contributed by atoms with Gasteiger partial charge in [0.15, 0.2) is 0 Å². The number of benzene rings is 1. The summed E-state index contributed by atoms with van der Waals surface area (Å²) in [7, 11) is 0. The van der Waals surface area contributed by atoms with Gasteiger partial charge < -0.3 is 10.6 Å². The van der Waals surface area contributed by atoms with Gasteiger partial charge in [-0.3, -0.25) is 4.79 Å². The minimum absolute atomic E-state index is 0.0393. The van der Waals surface area contributed by atoms with Gasteiger partial charge in [0.25, 0.3) is 0 Å². The number of hydrogen-bond donors (Lipinski definition) is 2. The highest BCUT2D eigenvalue weighted by Gasteiger charge is 2.09. The first-order valence-electron chi connectivity index (χ1n) is 7.50. The third kappa shape index (κ3) is 6.20. The van der Waals surface area contributed by atoms with Gasteiger partial charge in [-0.15, -0.1) is 0 Å². The van der Waals surface area contributed by atoms with Gasteiger partial charge in [0, 0.05) is 6.04 Å². The van der Waals surface area contributed by atoms with Crippen LogP contribution in [0.3, 0.4) is 0 Å². The topological polar surface area (TPSA) is 41.1 Å². The molecule has 1 amide bonds. The molecule has 3 nitrogen and oxygen atoms in total. The van der Waals surface area contributed by atoms with Crippen molar-refractivity contribution in [3.63, 3.8) is 0 Å². The molecule has 0 aliphatic rings. The Morgan fingerprint density at radius 2 is 1.65 bits per heavy atom. The standard InChI is InChI=1S/C17H28N2O/c1-12(2)10-15-6-8-16(9-7-15)14(5)19-17(20)11-18-13(3)4/h6-9,12-14,18H,10-11H2,1-5H3,(H,19,20). The van der Waals surface area contributed by atoms with E-state index >= 15 is 0 Å². The first-order chi connectivity index (χ1) is 9.38. The molecule has 0 aromatic heterocycles. The second kappa shape index (κ2) is 8.05. The molecule has 0 aliphatic heterocycles. The van der Waals surface area contributed by atoms with Crippen molar-refractivity contribution in [3.8, 4) is 0 Å². The van der Waals surface area contributed by atoms with E-state index in [4.69, 9.17) is 0 Å². The first kappa shape index (κ1) is 16.7. The SMILES string of the molecule is CC(C)Cc1ccc(C(C)NC(=O)CNC(C)C)cc1. The molecule has 1 atom stereocenters. The van der Waals surface area contributed by atoms with Crippen LogP contribution in [0.2, 0.25) is 0 Å². The average molecular weight is 276 g/mol. The Hall–Kier alpha value is -1.35. The molecular formula is C17H28N2O.